The summed E-state index contributed by atoms with van der Waals surface area (Å²) in [6.45, 7) is 10.4. The van der Waals surface area contributed by atoms with Crippen molar-refractivity contribution in [1.29, 1.82) is 0 Å². The van der Waals surface area contributed by atoms with Crippen molar-refractivity contribution in [3.63, 3.8) is 0 Å². The first kappa shape index (κ1) is 24.2. The second kappa shape index (κ2) is 17.3. The van der Waals surface area contributed by atoms with Crippen LogP contribution in [0.4, 0.5) is 0 Å². The molecule has 0 spiro atoms. The van der Waals surface area contributed by atoms with Crippen LogP contribution in [0, 0.1) is 0 Å². The standard InChI is InChI=1S/C13H18O2S.C5H12.C2H6/c1-10(16)5-4-6-11-7-8-12(14-2)13(9-11)15-3;1-3-5-4-2;1-2/h7-9H,4-6H2,1-3H3;3-5H2,1-2H3;1-2H3. The smallest absolute Gasteiger partial charge is 0.160 e. The van der Waals surface area contributed by atoms with E-state index in [0.29, 0.717) is 0 Å². The van der Waals surface area contributed by atoms with Crippen LogP contribution in [-0.2, 0) is 6.42 Å². The number of rotatable bonds is 8. The van der Waals surface area contributed by atoms with Gasteiger partial charge in [0.05, 0.1) is 14.2 Å². The third-order valence-electron chi connectivity index (χ3n) is 3.15. The molecule has 0 atom stereocenters. The Morgan fingerprint density at radius 3 is 1.91 bits per heavy atom. The van der Waals surface area contributed by atoms with Crippen LogP contribution in [0.1, 0.15) is 72.3 Å². The molecule has 0 bridgehead atoms. The molecule has 0 amide bonds. The van der Waals surface area contributed by atoms with Gasteiger partial charge in [-0.3, -0.25) is 0 Å². The van der Waals surface area contributed by atoms with Crippen molar-refractivity contribution in [1.82, 2.24) is 0 Å². The van der Waals surface area contributed by atoms with Gasteiger partial charge < -0.3 is 9.47 Å². The molecule has 1 aromatic rings. The minimum atomic E-state index is 0.775. The van der Waals surface area contributed by atoms with Crippen molar-refractivity contribution in [2.24, 2.45) is 0 Å². The van der Waals surface area contributed by atoms with E-state index in [-0.39, 0.29) is 0 Å². The molecule has 0 radical (unpaired) electrons. The molecule has 0 N–H and O–H groups in total. The van der Waals surface area contributed by atoms with Crippen LogP contribution in [-0.4, -0.2) is 19.1 Å². The van der Waals surface area contributed by atoms with Crippen molar-refractivity contribution in [2.45, 2.75) is 73.1 Å². The number of benzene rings is 1. The third kappa shape index (κ3) is 13.1. The Morgan fingerprint density at radius 1 is 0.957 bits per heavy atom. The second-order valence-corrected chi connectivity index (χ2v) is 5.80. The molecule has 23 heavy (non-hydrogen) atoms. The average molecular weight is 341 g/mol. The fourth-order valence-electron chi connectivity index (χ4n) is 1.93. The summed E-state index contributed by atoms with van der Waals surface area (Å²) in [7, 11) is 3.30. The Hall–Kier alpha value is -1.09. The highest BCUT2D eigenvalue weighted by Gasteiger charge is 2.04. The summed E-state index contributed by atoms with van der Waals surface area (Å²) in [6.07, 6.45) is 7.19. The molecule has 0 aliphatic rings. The van der Waals surface area contributed by atoms with Gasteiger partial charge in [0.2, 0.25) is 0 Å². The van der Waals surface area contributed by atoms with Gasteiger partial charge in [-0.05, 0) is 48.7 Å². The summed E-state index contributed by atoms with van der Waals surface area (Å²) < 4.78 is 10.4. The summed E-state index contributed by atoms with van der Waals surface area (Å²) in [5, 5.41) is 0. The average Bonchev–Trinajstić information content (AvgIpc) is 2.57. The fraction of sp³-hybridized carbons (Fsp3) is 0.650. The summed E-state index contributed by atoms with van der Waals surface area (Å²) in [6, 6.07) is 6.04. The van der Waals surface area contributed by atoms with Crippen molar-refractivity contribution in [2.75, 3.05) is 14.2 Å². The minimum absolute atomic E-state index is 0.775. The molecule has 0 aliphatic carbocycles. The molecule has 2 nitrogen and oxygen atoms in total. The van der Waals surface area contributed by atoms with Crippen molar-refractivity contribution in [3.8, 4) is 11.5 Å². The van der Waals surface area contributed by atoms with Crippen LogP contribution in [0.25, 0.3) is 0 Å². The predicted octanol–water partition coefficient (Wildman–Crippen LogP) is 6.64. The van der Waals surface area contributed by atoms with E-state index < -0.39 is 0 Å². The maximum atomic E-state index is 5.25. The van der Waals surface area contributed by atoms with E-state index in [2.05, 4.69) is 19.9 Å². The molecule has 0 saturated heterocycles. The van der Waals surface area contributed by atoms with Crippen LogP contribution in [0.15, 0.2) is 18.2 Å². The highest BCUT2D eigenvalue weighted by Crippen LogP contribution is 2.28. The van der Waals surface area contributed by atoms with Gasteiger partial charge in [0.25, 0.3) is 0 Å². The molecular weight excluding hydrogens is 304 g/mol. The monoisotopic (exact) mass is 340 g/mol. The summed E-state index contributed by atoms with van der Waals surface area (Å²) in [5.74, 6) is 1.57. The van der Waals surface area contributed by atoms with Gasteiger partial charge >= 0.3 is 0 Å². The maximum Gasteiger partial charge on any atom is 0.160 e. The van der Waals surface area contributed by atoms with Crippen LogP contribution in [0.3, 0.4) is 0 Å². The van der Waals surface area contributed by atoms with E-state index in [1.807, 2.05) is 32.9 Å². The number of ether oxygens (including phenoxy) is 2. The predicted molar refractivity (Wildman–Crippen MR) is 107 cm³/mol. The zero-order valence-electron chi connectivity index (χ0n) is 16.2. The van der Waals surface area contributed by atoms with Crippen molar-refractivity contribution >= 4 is 17.1 Å². The molecule has 134 valence electrons. The first-order valence-electron chi connectivity index (χ1n) is 8.79. The van der Waals surface area contributed by atoms with E-state index in [1.165, 1.54) is 24.8 Å². The van der Waals surface area contributed by atoms with Crippen LogP contribution in [0.5, 0.6) is 11.5 Å². The lowest BCUT2D eigenvalue weighted by molar-refractivity contribution is 0.354. The molecular formula is C20H36O2S. The molecule has 3 heteroatoms. The van der Waals surface area contributed by atoms with Crippen LogP contribution >= 0.6 is 12.2 Å². The Bertz CT molecular complexity index is 401. The van der Waals surface area contributed by atoms with Gasteiger partial charge in [0.1, 0.15) is 0 Å². The molecule has 0 aromatic heterocycles. The Labute approximate surface area is 149 Å². The van der Waals surface area contributed by atoms with Crippen molar-refractivity contribution < 1.29 is 9.47 Å². The van der Waals surface area contributed by atoms with Gasteiger partial charge in [0.15, 0.2) is 11.5 Å². The number of aryl methyl sites for hydroxylation is 1. The highest BCUT2D eigenvalue weighted by molar-refractivity contribution is 7.80. The largest absolute Gasteiger partial charge is 0.493 e. The number of thiocarbonyl (C=S) groups is 1. The van der Waals surface area contributed by atoms with Gasteiger partial charge in [-0.15, -0.1) is 0 Å². The Kier molecular flexibility index (Phi) is 18.1. The van der Waals surface area contributed by atoms with Gasteiger partial charge in [-0.2, -0.15) is 0 Å². The van der Waals surface area contributed by atoms with E-state index >= 15 is 0 Å². The molecule has 0 aliphatic heterocycles. The zero-order chi connectivity index (χ0) is 18.1. The normalized spacial score (nSPS) is 9.00. The van der Waals surface area contributed by atoms with E-state index in [4.69, 9.17) is 21.7 Å². The summed E-state index contributed by atoms with van der Waals surface area (Å²) >= 11 is 5.05. The lowest BCUT2D eigenvalue weighted by Crippen LogP contribution is -1.94. The minimum Gasteiger partial charge on any atom is -0.493 e. The number of methoxy groups -OCH3 is 2. The molecule has 1 aromatic carbocycles. The SMILES string of the molecule is CC.CCCCC.COc1ccc(CCCC(C)=S)cc1OC. The molecule has 0 saturated carbocycles. The van der Waals surface area contributed by atoms with Crippen molar-refractivity contribution in [3.05, 3.63) is 23.8 Å². The number of unbranched alkanes of at least 4 members (excludes halogenated alkanes) is 2. The van der Waals surface area contributed by atoms with Crippen LogP contribution in [0.2, 0.25) is 0 Å². The van der Waals surface area contributed by atoms with E-state index in [0.717, 1.165) is 35.6 Å². The molecule has 0 fully saturated rings. The van der Waals surface area contributed by atoms with E-state index in [1.54, 1.807) is 14.2 Å². The molecule has 0 unspecified atom stereocenters. The maximum absolute atomic E-state index is 5.25. The Morgan fingerprint density at radius 2 is 1.52 bits per heavy atom. The first-order chi connectivity index (χ1) is 11.1. The molecule has 0 heterocycles. The van der Waals surface area contributed by atoms with Gasteiger partial charge in [0, 0.05) is 0 Å². The zero-order valence-corrected chi connectivity index (χ0v) is 17.0. The third-order valence-corrected chi connectivity index (χ3v) is 3.35. The second-order valence-electron chi connectivity index (χ2n) is 5.10. The van der Waals surface area contributed by atoms with Gasteiger partial charge in [-0.1, -0.05) is 65.2 Å². The summed E-state index contributed by atoms with van der Waals surface area (Å²) in [5.41, 5.74) is 1.26. The van der Waals surface area contributed by atoms with E-state index in [9.17, 15) is 0 Å². The Balaban J connectivity index is 0. The lowest BCUT2D eigenvalue weighted by Gasteiger charge is -2.09. The number of hydrogen-bond donors (Lipinski definition) is 0. The quantitative estimate of drug-likeness (QED) is 0.494. The molecule has 1 rings (SSSR count). The van der Waals surface area contributed by atoms with Gasteiger partial charge in [-0.25, -0.2) is 0 Å². The number of hydrogen-bond acceptors (Lipinski definition) is 3. The van der Waals surface area contributed by atoms with Crippen LogP contribution < -0.4 is 9.47 Å². The first-order valence-corrected chi connectivity index (χ1v) is 9.20. The fourth-order valence-corrected chi connectivity index (χ4v) is 2.08. The lowest BCUT2D eigenvalue weighted by atomic mass is 10.1. The highest BCUT2D eigenvalue weighted by atomic mass is 32.1. The summed E-state index contributed by atoms with van der Waals surface area (Å²) in [4.78, 5) is 1.07. The topological polar surface area (TPSA) is 18.5 Å².